The van der Waals surface area contributed by atoms with E-state index in [2.05, 4.69) is 15.1 Å². The molecule has 0 bridgehead atoms. The van der Waals surface area contributed by atoms with E-state index in [1.54, 1.807) is 0 Å². The average Bonchev–Trinajstić information content (AvgIpc) is 2.60. The van der Waals surface area contributed by atoms with Gasteiger partial charge in [0.05, 0.1) is 11.8 Å². The van der Waals surface area contributed by atoms with Crippen molar-refractivity contribution >= 4 is 0 Å². The van der Waals surface area contributed by atoms with Crippen LogP contribution >= 0.6 is 0 Å². The van der Waals surface area contributed by atoms with Crippen molar-refractivity contribution in [3.8, 4) is 0 Å². The first-order valence-corrected chi connectivity index (χ1v) is 4.14. The summed E-state index contributed by atoms with van der Waals surface area (Å²) >= 11 is 0. The molecule has 0 aliphatic carbocycles. The van der Waals surface area contributed by atoms with Crippen LogP contribution in [0.25, 0.3) is 10.4 Å². The minimum absolute atomic E-state index is 0.248. The summed E-state index contributed by atoms with van der Waals surface area (Å²) in [6.07, 6.45) is -2.20. The van der Waals surface area contributed by atoms with Crippen LogP contribution in [0.4, 0.5) is 13.2 Å². The van der Waals surface area contributed by atoms with E-state index >= 15 is 0 Å². The lowest BCUT2D eigenvalue weighted by molar-refractivity contribution is -0.137. The highest BCUT2D eigenvalue weighted by Gasteiger charge is 2.31. The molecule has 0 aromatic carbocycles. The molecule has 15 heavy (non-hydrogen) atoms. The predicted octanol–water partition coefficient (Wildman–Crippen LogP) is 2.60. The second kappa shape index (κ2) is 4.70. The Morgan fingerprint density at radius 2 is 2.27 bits per heavy atom. The van der Waals surface area contributed by atoms with Crippen molar-refractivity contribution in [3.63, 3.8) is 0 Å². The zero-order chi connectivity index (χ0) is 11.3. The van der Waals surface area contributed by atoms with Gasteiger partial charge in [-0.25, -0.2) is 0 Å². The topological polar surface area (TPSA) is 66.6 Å². The Morgan fingerprint density at radius 3 is 2.80 bits per heavy atom. The fourth-order valence-electron chi connectivity index (χ4n) is 0.980. The lowest BCUT2D eigenvalue weighted by Gasteiger charge is -2.01. The first-order chi connectivity index (χ1) is 7.04. The molecule has 0 atom stereocenters. The minimum Gasteiger partial charge on any atom is -0.272 e. The quantitative estimate of drug-likeness (QED) is 0.332. The van der Waals surface area contributed by atoms with E-state index in [0.717, 1.165) is 12.4 Å². The number of rotatable bonds is 4. The summed E-state index contributed by atoms with van der Waals surface area (Å²) in [6, 6.07) is 0. The van der Waals surface area contributed by atoms with Crippen LogP contribution in [0.3, 0.4) is 0 Å². The highest BCUT2D eigenvalue weighted by molar-refractivity contribution is 5.08. The number of alkyl halides is 3. The van der Waals surface area contributed by atoms with Crippen molar-refractivity contribution in [1.82, 2.24) is 9.78 Å². The highest BCUT2D eigenvalue weighted by Crippen LogP contribution is 2.28. The van der Waals surface area contributed by atoms with Crippen LogP contribution < -0.4 is 0 Å². The summed E-state index contributed by atoms with van der Waals surface area (Å²) in [5.74, 6) is 0. The molecule has 1 rings (SSSR count). The number of aryl methyl sites for hydroxylation is 1. The second-order valence-electron chi connectivity index (χ2n) is 2.80. The molecule has 0 saturated carbocycles. The summed E-state index contributed by atoms with van der Waals surface area (Å²) in [5, 5.41) is 6.80. The molecular formula is C7H8F3N5. The monoisotopic (exact) mass is 219 g/mol. The molecule has 5 nitrogen and oxygen atoms in total. The van der Waals surface area contributed by atoms with Crippen molar-refractivity contribution in [2.45, 2.75) is 19.1 Å². The minimum atomic E-state index is -4.36. The maximum Gasteiger partial charge on any atom is 0.419 e. The zero-order valence-electron chi connectivity index (χ0n) is 7.65. The van der Waals surface area contributed by atoms with Gasteiger partial charge in [0, 0.05) is 24.2 Å². The Labute approximate surface area is 83.1 Å². The van der Waals surface area contributed by atoms with Gasteiger partial charge in [0.25, 0.3) is 0 Å². The Morgan fingerprint density at radius 1 is 1.53 bits per heavy atom. The van der Waals surface area contributed by atoms with Gasteiger partial charge in [0.2, 0.25) is 0 Å². The Kier molecular flexibility index (Phi) is 3.56. The number of aromatic nitrogens is 2. The van der Waals surface area contributed by atoms with Crippen LogP contribution in [0.2, 0.25) is 0 Å². The smallest absolute Gasteiger partial charge is 0.272 e. The van der Waals surface area contributed by atoms with Crippen LogP contribution in [0, 0.1) is 0 Å². The Bertz CT molecular complexity index is 363. The number of hydrogen-bond acceptors (Lipinski definition) is 2. The fourth-order valence-corrected chi connectivity index (χ4v) is 0.980. The van der Waals surface area contributed by atoms with Gasteiger partial charge in [-0.1, -0.05) is 5.11 Å². The van der Waals surface area contributed by atoms with Gasteiger partial charge in [-0.05, 0) is 12.0 Å². The summed E-state index contributed by atoms with van der Waals surface area (Å²) in [5.41, 5.74) is 7.19. The summed E-state index contributed by atoms with van der Waals surface area (Å²) in [6.45, 7) is 0.548. The van der Waals surface area contributed by atoms with Crippen LogP contribution in [-0.2, 0) is 12.7 Å². The maximum atomic E-state index is 12.1. The lowest BCUT2D eigenvalue weighted by Crippen LogP contribution is -2.03. The summed E-state index contributed by atoms with van der Waals surface area (Å²) in [4.78, 5) is 2.53. The van der Waals surface area contributed by atoms with Crippen LogP contribution in [0.1, 0.15) is 12.0 Å². The highest BCUT2D eigenvalue weighted by atomic mass is 19.4. The van der Waals surface area contributed by atoms with Gasteiger partial charge >= 0.3 is 6.18 Å². The van der Waals surface area contributed by atoms with Crippen LogP contribution in [-0.4, -0.2) is 16.3 Å². The third kappa shape index (κ3) is 3.51. The summed E-state index contributed by atoms with van der Waals surface area (Å²) < 4.78 is 37.5. The zero-order valence-corrected chi connectivity index (χ0v) is 7.65. The Hall–Kier alpha value is -1.69. The Balaban J connectivity index is 2.50. The molecule has 0 aliphatic heterocycles. The van der Waals surface area contributed by atoms with Gasteiger partial charge < -0.3 is 0 Å². The number of halogens is 3. The molecule has 0 saturated heterocycles. The fraction of sp³-hybridized carbons (Fsp3) is 0.571. The number of azide groups is 1. The molecule has 0 spiro atoms. The molecule has 0 radical (unpaired) electrons. The van der Waals surface area contributed by atoms with E-state index in [9.17, 15) is 13.2 Å². The average molecular weight is 219 g/mol. The third-order valence-corrected chi connectivity index (χ3v) is 1.67. The van der Waals surface area contributed by atoms with E-state index < -0.39 is 11.7 Å². The molecule has 0 fully saturated rings. The van der Waals surface area contributed by atoms with Gasteiger partial charge in [0.1, 0.15) is 0 Å². The molecule has 0 amide bonds. The second-order valence-corrected chi connectivity index (χ2v) is 2.80. The van der Waals surface area contributed by atoms with E-state index in [1.165, 1.54) is 4.68 Å². The van der Waals surface area contributed by atoms with E-state index in [0.29, 0.717) is 13.0 Å². The standard InChI is InChI=1S/C7H8F3N5/c8-7(9,10)6-4-13-15(5-6)3-1-2-12-14-11/h4-5H,1-3H2. The molecule has 1 aromatic rings. The van der Waals surface area contributed by atoms with Crippen molar-refractivity contribution < 1.29 is 13.2 Å². The van der Waals surface area contributed by atoms with Crippen molar-refractivity contribution in [2.75, 3.05) is 6.54 Å². The molecular weight excluding hydrogens is 211 g/mol. The maximum absolute atomic E-state index is 12.1. The number of nitrogens with zero attached hydrogens (tertiary/aromatic N) is 5. The molecule has 1 heterocycles. The predicted molar refractivity (Wildman–Crippen MR) is 45.9 cm³/mol. The van der Waals surface area contributed by atoms with Crippen molar-refractivity contribution in [2.24, 2.45) is 5.11 Å². The van der Waals surface area contributed by atoms with Gasteiger partial charge in [-0.3, -0.25) is 4.68 Å². The van der Waals surface area contributed by atoms with Gasteiger partial charge in [-0.15, -0.1) is 0 Å². The molecule has 1 aromatic heterocycles. The van der Waals surface area contributed by atoms with E-state index in [-0.39, 0.29) is 6.54 Å². The SMILES string of the molecule is [N-]=[N+]=NCCCn1cc(C(F)(F)F)cn1. The molecule has 82 valence electrons. The number of hydrogen-bond donors (Lipinski definition) is 0. The molecule has 0 unspecified atom stereocenters. The van der Waals surface area contributed by atoms with Crippen molar-refractivity contribution in [3.05, 3.63) is 28.4 Å². The largest absolute Gasteiger partial charge is 0.419 e. The third-order valence-electron chi connectivity index (χ3n) is 1.67. The first kappa shape index (κ1) is 11.4. The van der Waals surface area contributed by atoms with E-state index in [4.69, 9.17) is 5.53 Å². The van der Waals surface area contributed by atoms with E-state index in [1.807, 2.05) is 0 Å². The lowest BCUT2D eigenvalue weighted by atomic mass is 10.3. The molecule has 8 heteroatoms. The first-order valence-electron chi connectivity index (χ1n) is 4.14. The van der Waals surface area contributed by atoms with Gasteiger partial charge in [-0.2, -0.15) is 18.3 Å². The van der Waals surface area contributed by atoms with Crippen LogP contribution in [0.15, 0.2) is 17.5 Å². The molecule has 0 N–H and O–H groups in total. The molecule has 0 aliphatic rings. The van der Waals surface area contributed by atoms with Crippen molar-refractivity contribution in [1.29, 1.82) is 0 Å². The van der Waals surface area contributed by atoms with Gasteiger partial charge in [0.15, 0.2) is 0 Å². The van der Waals surface area contributed by atoms with Crippen LogP contribution in [0.5, 0.6) is 0 Å². The normalized spacial score (nSPS) is 11.1. The summed E-state index contributed by atoms with van der Waals surface area (Å²) in [7, 11) is 0.